The summed E-state index contributed by atoms with van der Waals surface area (Å²) in [6, 6.07) is 16.2. The van der Waals surface area contributed by atoms with Crippen molar-refractivity contribution < 1.29 is 19.1 Å². The topological polar surface area (TPSA) is 123 Å². The second-order valence-corrected chi connectivity index (χ2v) is 7.43. The van der Waals surface area contributed by atoms with Gasteiger partial charge < -0.3 is 9.47 Å². The molecule has 0 unspecified atom stereocenters. The highest BCUT2D eigenvalue weighted by Gasteiger charge is 2.28. The van der Waals surface area contributed by atoms with Crippen LogP contribution in [0.4, 0.5) is 5.95 Å². The van der Waals surface area contributed by atoms with Crippen molar-refractivity contribution in [2.24, 2.45) is 0 Å². The molecule has 0 aliphatic heterocycles. The van der Waals surface area contributed by atoms with Crippen LogP contribution in [0.3, 0.4) is 0 Å². The van der Waals surface area contributed by atoms with Crippen molar-refractivity contribution >= 4 is 28.9 Å². The molecule has 0 spiro atoms. The smallest absolute Gasteiger partial charge is 0.233 e. The summed E-state index contributed by atoms with van der Waals surface area (Å²) in [6.45, 7) is 4.95. The molecule has 4 aromatic rings. The molecule has 0 fully saturated rings. The van der Waals surface area contributed by atoms with Gasteiger partial charge in [0.05, 0.1) is 19.4 Å². The summed E-state index contributed by atoms with van der Waals surface area (Å²) in [7, 11) is 1.51. The molecule has 176 valence electrons. The minimum atomic E-state index is -0.540. The van der Waals surface area contributed by atoms with E-state index in [1.165, 1.54) is 25.5 Å². The number of carbonyl (C=O) groups excluding carboxylic acids is 2. The molecular formula is C25H22N6O4. The van der Waals surface area contributed by atoms with Gasteiger partial charge in [-0.05, 0) is 43.3 Å². The lowest BCUT2D eigenvalue weighted by atomic mass is 10.2. The van der Waals surface area contributed by atoms with Gasteiger partial charge in [0, 0.05) is 19.4 Å². The summed E-state index contributed by atoms with van der Waals surface area (Å²) in [5.41, 5.74) is 1.53. The monoisotopic (exact) mass is 470 g/mol. The normalized spacial score (nSPS) is 10.6. The van der Waals surface area contributed by atoms with Crippen LogP contribution in [-0.2, 0) is 9.59 Å². The lowest BCUT2D eigenvalue weighted by Gasteiger charge is -2.19. The standard InChI is InChI=1S/C25H22N6O4/c1-5-35-18-12-10-17(11-13-18)23-27-19(14-26)22-24(29-23)31(20-8-6-7-9-21(20)34-4)25(28-22)30(15(2)32)16(3)33/h6-13H,5H2,1-4H3. The summed E-state index contributed by atoms with van der Waals surface area (Å²) in [4.78, 5) is 39.4. The minimum absolute atomic E-state index is 0.000775. The maximum absolute atomic E-state index is 12.4. The van der Waals surface area contributed by atoms with Crippen LogP contribution < -0.4 is 14.4 Å². The number of fused-ring (bicyclic) bond motifs is 1. The van der Waals surface area contributed by atoms with Gasteiger partial charge in [-0.25, -0.2) is 19.9 Å². The van der Waals surface area contributed by atoms with Gasteiger partial charge in [0.15, 0.2) is 17.2 Å². The lowest BCUT2D eigenvalue weighted by molar-refractivity contribution is -0.124. The molecule has 4 rings (SSSR count). The van der Waals surface area contributed by atoms with Crippen LogP contribution >= 0.6 is 0 Å². The Morgan fingerprint density at radius 2 is 1.71 bits per heavy atom. The Morgan fingerprint density at radius 1 is 1.03 bits per heavy atom. The first-order chi connectivity index (χ1) is 16.9. The number of anilines is 1. The van der Waals surface area contributed by atoms with Gasteiger partial charge in [-0.2, -0.15) is 5.26 Å². The number of carbonyl (C=O) groups is 2. The largest absolute Gasteiger partial charge is 0.495 e. The summed E-state index contributed by atoms with van der Waals surface area (Å²) >= 11 is 0. The molecule has 10 heteroatoms. The highest BCUT2D eigenvalue weighted by atomic mass is 16.5. The zero-order chi connectivity index (χ0) is 25.1. The van der Waals surface area contributed by atoms with Crippen molar-refractivity contribution in [3.05, 3.63) is 54.2 Å². The van der Waals surface area contributed by atoms with E-state index in [0.29, 0.717) is 29.4 Å². The van der Waals surface area contributed by atoms with Crippen LogP contribution in [-0.4, -0.2) is 45.1 Å². The van der Waals surface area contributed by atoms with E-state index in [2.05, 4.69) is 16.0 Å². The van der Waals surface area contributed by atoms with Crippen molar-refractivity contribution in [1.29, 1.82) is 5.26 Å². The number of ether oxygens (including phenoxy) is 2. The molecule has 0 aliphatic carbocycles. The van der Waals surface area contributed by atoms with Crippen LogP contribution in [0, 0.1) is 11.3 Å². The SMILES string of the molecule is CCOc1ccc(-c2nc(C#N)c3nc(N(C(C)=O)C(C)=O)n(-c4ccccc4OC)c3n2)cc1. The number of rotatable bonds is 6. The molecule has 0 atom stereocenters. The average molecular weight is 470 g/mol. The lowest BCUT2D eigenvalue weighted by Crippen LogP contribution is -2.35. The zero-order valence-corrected chi connectivity index (χ0v) is 19.6. The van der Waals surface area contributed by atoms with E-state index in [9.17, 15) is 14.9 Å². The third-order valence-corrected chi connectivity index (χ3v) is 5.17. The molecule has 2 aromatic carbocycles. The molecule has 0 saturated heterocycles. The number of imide groups is 1. The number of nitriles is 1. The molecule has 0 aliphatic rings. The number of para-hydroxylation sites is 2. The van der Waals surface area contributed by atoms with Crippen LogP contribution in [0.2, 0.25) is 0 Å². The van der Waals surface area contributed by atoms with E-state index in [1.54, 1.807) is 48.5 Å². The van der Waals surface area contributed by atoms with Crippen LogP contribution in [0.1, 0.15) is 26.5 Å². The average Bonchev–Trinajstić information content (AvgIpc) is 3.22. The molecule has 0 saturated carbocycles. The van der Waals surface area contributed by atoms with Gasteiger partial charge in [0.25, 0.3) is 0 Å². The molecule has 2 aromatic heterocycles. The van der Waals surface area contributed by atoms with Gasteiger partial charge in [0.1, 0.15) is 23.1 Å². The van der Waals surface area contributed by atoms with E-state index in [4.69, 9.17) is 14.5 Å². The number of methoxy groups -OCH3 is 1. The van der Waals surface area contributed by atoms with E-state index >= 15 is 0 Å². The van der Waals surface area contributed by atoms with Gasteiger partial charge in [0.2, 0.25) is 17.8 Å². The summed E-state index contributed by atoms with van der Waals surface area (Å²) in [5, 5.41) is 9.87. The Hall–Kier alpha value is -4.78. The second kappa shape index (κ2) is 9.61. The van der Waals surface area contributed by atoms with Gasteiger partial charge in [-0.1, -0.05) is 12.1 Å². The second-order valence-electron chi connectivity index (χ2n) is 7.43. The summed E-state index contributed by atoms with van der Waals surface area (Å²) < 4.78 is 12.5. The Balaban J connectivity index is 2.07. The van der Waals surface area contributed by atoms with Gasteiger partial charge in [-0.3, -0.25) is 14.2 Å². The molecule has 0 radical (unpaired) electrons. The van der Waals surface area contributed by atoms with E-state index < -0.39 is 11.8 Å². The first kappa shape index (κ1) is 23.4. The number of benzene rings is 2. The third kappa shape index (κ3) is 4.27. The van der Waals surface area contributed by atoms with Crippen LogP contribution in [0.15, 0.2) is 48.5 Å². The number of imidazole rings is 1. The number of amides is 2. The Kier molecular flexibility index (Phi) is 6.42. The fraction of sp³-hybridized carbons (Fsp3) is 0.200. The molecule has 2 amide bonds. The number of aromatic nitrogens is 4. The highest BCUT2D eigenvalue weighted by molar-refractivity contribution is 6.13. The predicted octanol–water partition coefficient (Wildman–Crippen LogP) is 3.66. The van der Waals surface area contributed by atoms with E-state index in [1.807, 2.05) is 6.92 Å². The number of hydrogen-bond acceptors (Lipinski definition) is 8. The predicted molar refractivity (Wildman–Crippen MR) is 128 cm³/mol. The molecule has 10 nitrogen and oxygen atoms in total. The Bertz CT molecular complexity index is 1460. The van der Waals surface area contributed by atoms with Crippen molar-refractivity contribution in [2.75, 3.05) is 18.6 Å². The first-order valence-electron chi connectivity index (χ1n) is 10.8. The Morgan fingerprint density at radius 3 is 2.31 bits per heavy atom. The van der Waals surface area contributed by atoms with E-state index in [0.717, 1.165) is 4.90 Å². The van der Waals surface area contributed by atoms with Gasteiger partial charge >= 0.3 is 0 Å². The van der Waals surface area contributed by atoms with Crippen molar-refractivity contribution in [3.63, 3.8) is 0 Å². The number of nitrogens with zero attached hydrogens (tertiary/aromatic N) is 6. The fourth-order valence-electron chi connectivity index (χ4n) is 3.71. The van der Waals surface area contributed by atoms with Crippen LogP contribution in [0.5, 0.6) is 11.5 Å². The highest BCUT2D eigenvalue weighted by Crippen LogP contribution is 2.33. The maximum atomic E-state index is 12.4. The van der Waals surface area contributed by atoms with Crippen molar-refractivity contribution in [1.82, 2.24) is 19.5 Å². The first-order valence-corrected chi connectivity index (χ1v) is 10.8. The van der Waals surface area contributed by atoms with Gasteiger partial charge in [-0.15, -0.1) is 0 Å². The summed E-state index contributed by atoms with van der Waals surface area (Å²) in [5.74, 6) is 0.331. The zero-order valence-electron chi connectivity index (χ0n) is 19.6. The molecular weight excluding hydrogens is 448 g/mol. The molecule has 0 bridgehead atoms. The van der Waals surface area contributed by atoms with E-state index in [-0.39, 0.29) is 28.6 Å². The third-order valence-electron chi connectivity index (χ3n) is 5.17. The molecule has 2 heterocycles. The van der Waals surface area contributed by atoms with Crippen molar-refractivity contribution in [2.45, 2.75) is 20.8 Å². The van der Waals surface area contributed by atoms with Crippen molar-refractivity contribution in [3.8, 4) is 34.6 Å². The summed E-state index contributed by atoms with van der Waals surface area (Å²) in [6.07, 6.45) is 0. The Labute approximate surface area is 201 Å². The fourth-order valence-corrected chi connectivity index (χ4v) is 3.71. The quantitative estimate of drug-likeness (QED) is 0.418. The van der Waals surface area contributed by atoms with Crippen LogP contribution in [0.25, 0.3) is 28.2 Å². The molecule has 0 N–H and O–H groups in total. The number of hydrogen-bond donors (Lipinski definition) is 0. The maximum Gasteiger partial charge on any atom is 0.233 e. The minimum Gasteiger partial charge on any atom is -0.495 e. The molecule has 35 heavy (non-hydrogen) atoms.